The topological polar surface area (TPSA) is 69.7 Å². The average Bonchev–Trinajstić information content (AvgIpc) is 3.07. The average molecular weight is 386 g/mol. The van der Waals surface area contributed by atoms with Crippen LogP contribution in [0.4, 0.5) is 11.4 Å². The zero-order valence-electron chi connectivity index (χ0n) is 15.2. The summed E-state index contributed by atoms with van der Waals surface area (Å²) in [6.07, 6.45) is 1.42. The number of nitrogens with one attached hydrogen (secondary N) is 1. The number of halogens is 1. The summed E-state index contributed by atoms with van der Waals surface area (Å²) >= 11 is 6.17. The second-order valence-electron chi connectivity index (χ2n) is 6.54. The molecule has 1 N–H and O–H groups in total. The summed E-state index contributed by atoms with van der Waals surface area (Å²) in [5, 5.41) is 3.04. The number of nitrogens with zero attached hydrogens (tertiary/aromatic N) is 2. The lowest BCUT2D eigenvalue weighted by Gasteiger charge is -2.16. The molecule has 1 heterocycles. The van der Waals surface area contributed by atoms with Crippen LogP contribution in [-0.4, -0.2) is 43.3 Å². The lowest BCUT2D eigenvalue weighted by atomic mass is 10.1. The SMILES string of the molecule is CN(C)C(=O)c1ccc(NC(=O)c2ccc(N3CCCC3=O)cc2)cc1Cl. The minimum atomic E-state index is -0.294. The van der Waals surface area contributed by atoms with Crippen LogP contribution in [0, 0.1) is 0 Å². The van der Waals surface area contributed by atoms with Gasteiger partial charge in [-0.2, -0.15) is 0 Å². The fraction of sp³-hybridized carbons (Fsp3) is 0.250. The highest BCUT2D eigenvalue weighted by Crippen LogP contribution is 2.24. The van der Waals surface area contributed by atoms with Crippen molar-refractivity contribution >= 4 is 40.7 Å². The fourth-order valence-corrected chi connectivity index (χ4v) is 3.19. The molecular formula is C20H20ClN3O3. The van der Waals surface area contributed by atoms with Gasteiger partial charge in [-0.25, -0.2) is 0 Å². The first-order chi connectivity index (χ1) is 12.9. The van der Waals surface area contributed by atoms with E-state index in [0.717, 1.165) is 12.1 Å². The molecular weight excluding hydrogens is 366 g/mol. The van der Waals surface area contributed by atoms with Crippen LogP contribution in [0.15, 0.2) is 42.5 Å². The normalized spacial score (nSPS) is 13.6. The Morgan fingerprint density at radius 1 is 1.11 bits per heavy atom. The minimum Gasteiger partial charge on any atom is -0.345 e. The molecule has 0 spiro atoms. The van der Waals surface area contributed by atoms with Crippen molar-refractivity contribution in [2.45, 2.75) is 12.8 Å². The van der Waals surface area contributed by atoms with E-state index in [-0.39, 0.29) is 22.7 Å². The molecule has 0 saturated carbocycles. The minimum absolute atomic E-state index is 0.106. The maximum absolute atomic E-state index is 12.4. The molecule has 3 rings (SSSR count). The van der Waals surface area contributed by atoms with Gasteiger partial charge in [0.2, 0.25) is 5.91 Å². The molecule has 2 aromatic rings. The summed E-state index contributed by atoms with van der Waals surface area (Å²) in [6.45, 7) is 0.709. The third-order valence-corrected chi connectivity index (χ3v) is 4.69. The fourth-order valence-electron chi connectivity index (χ4n) is 2.92. The van der Waals surface area contributed by atoms with Gasteiger partial charge in [0.15, 0.2) is 0 Å². The van der Waals surface area contributed by atoms with Crippen molar-refractivity contribution in [2.75, 3.05) is 30.9 Å². The quantitative estimate of drug-likeness (QED) is 0.876. The number of anilines is 2. The second-order valence-corrected chi connectivity index (χ2v) is 6.95. The van der Waals surface area contributed by atoms with E-state index in [1.165, 1.54) is 4.90 Å². The molecule has 0 aromatic heterocycles. The number of benzene rings is 2. The van der Waals surface area contributed by atoms with Gasteiger partial charge in [-0.05, 0) is 48.9 Å². The third kappa shape index (κ3) is 4.11. The van der Waals surface area contributed by atoms with Crippen molar-refractivity contribution in [3.8, 4) is 0 Å². The summed E-state index contributed by atoms with van der Waals surface area (Å²) in [7, 11) is 3.29. The van der Waals surface area contributed by atoms with Gasteiger partial charge in [0.05, 0.1) is 10.6 Å². The Hall–Kier alpha value is -2.86. The van der Waals surface area contributed by atoms with Crippen molar-refractivity contribution in [1.82, 2.24) is 4.90 Å². The standard InChI is InChI=1S/C20H20ClN3O3/c1-23(2)20(27)16-10-7-14(12-17(16)21)22-19(26)13-5-8-15(9-6-13)24-11-3-4-18(24)25/h5-10,12H,3-4,11H2,1-2H3,(H,22,26). The maximum Gasteiger partial charge on any atom is 0.255 e. The van der Waals surface area contributed by atoms with E-state index in [0.29, 0.717) is 29.8 Å². The molecule has 0 aliphatic carbocycles. The molecule has 2 aromatic carbocycles. The largest absolute Gasteiger partial charge is 0.345 e. The van der Waals surface area contributed by atoms with E-state index >= 15 is 0 Å². The molecule has 1 saturated heterocycles. The van der Waals surface area contributed by atoms with Crippen LogP contribution in [0.3, 0.4) is 0 Å². The summed E-state index contributed by atoms with van der Waals surface area (Å²) < 4.78 is 0. The van der Waals surface area contributed by atoms with Gasteiger partial charge >= 0.3 is 0 Å². The van der Waals surface area contributed by atoms with E-state index in [1.54, 1.807) is 61.5 Å². The van der Waals surface area contributed by atoms with Gasteiger partial charge in [0, 0.05) is 44.0 Å². The molecule has 0 bridgehead atoms. The Labute approximate surface area is 162 Å². The van der Waals surface area contributed by atoms with Crippen molar-refractivity contribution in [3.63, 3.8) is 0 Å². The third-order valence-electron chi connectivity index (χ3n) is 4.38. The summed E-state index contributed by atoms with van der Waals surface area (Å²) in [5.74, 6) is -0.392. The number of carbonyl (C=O) groups excluding carboxylic acids is 3. The Morgan fingerprint density at radius 2 is 1.81 bits per heavy atom. The molecule has 27 heavy (non-hydrogen) atoms. The van der Waals surface area contributed by atoms with Gasteiger partial charge in [-0.3, -0.25) is 14.4 Å². The molecule has 3 amide bonds. The second kappa shape index (κ2) is 7.80. The van der Waals surface area contributed by atoms with Crippen LogP contribution in [-0.2, 0) is 4.79 Å². The Kier molecular flexibility index (Phi) is 5.46. The molecule has 1 aliphatic heterocycles. The van der Waals surface area contributed by atoms with Crippen LogP contribution in [0.5, 0.6) is 0 Å². The van der Waals surface area contributed by atoms with E-state index in [2.05, 4.69) is 5.32 Å². The van der Waals surface area contributed by atoms with E-state index in [4.69, 9.17) is 11.6 Å². The van der Waals surface area contributed by atoms with Gasteiger partial charge in [-0.1, -0.05) is 11.6 Å². The molecule has 7 heteroatoms. The zero-order chi connectivity index (χ0) is 19.6. The molecule has 1 aliphatic rings. The highest BCUT2D eigenvalue weighted by Gasteiger charge is 2.21. The lowest BCUT2D eigenvalue weighted by molar-refractivity contribution is -0.117. The van der Waals surface area contributed by atoms with E-state index in [1.807, 2.05) is 0 Å². The molecule has 140 valence electrons. The first kappa shape index (κ1) is 18.9. The van der Waals surface area contributed by atoms with Crippen molar-refractivity contribution in [1.29, 1.82) is 0 Å². The van der Waals surface area contributed by atoms with Crippen molar-refractivity contribution < 1.29 is 14.4 Å². The smallest absolute Gasteiger partial charge is 0.255 e. The van der Waals surface area contributed by atoms with Crippen LogP contribution in [0.1, 0.15) is 33.6 Å². The summed E-state index contributed by atoms with van der Waals surface area (Å²) in [4.78, 5) is 39.4. The van der Waals surface area contributed by atoms with Crippen LogP contribution in [0.2, 0.25) is 5.02 Å². The lowest BCUT2D eigenvalue weighted by Crippen LogP contribution is -2.23. The van der Waals surface area contributed by atoms with E-state index < -0.39 is 0 Å². The molecule has 0 unspecified atom stereocenters. The Bertz CT molecular complexity index is 894. The van der Waals surface area contributed by atoms with Gasteiger partial charge in [0.1, 0.15) is 0 Å². The predicted molar refractivity (Wildman–Crippen MR) is 105 cm³/mol. The highest BCUT2D eigenvalue weighted by atomic mass is 35.5. The van der Waals surface area contributed by atoms with Gasteiger partial charge in [0.25, 0.3) is 11.8 Å². The molecule has 1 fully saturated rings. The number of hydrogen-bond acceptors (Lipinski definition) is 3. The zero-order valence-corrected chi connectivity index (χ0v) is 15.9. The summed E-state index contributed by atoms with van der Waals surface area (Å²) in [6, 6.07) is 11.7. The van der Waals surface area contributed by atoms with E-state index in [9.17, 15) is 14.4 Å². The van der Waals surface area contributed by atoms with Gasteiger partial charge in [-0.15, -0.1) is 0 Å². The molecule has 0 radical (unpaired) electrons. The first-order valence-electron chi connectivity index (χ1n) is 8.60. The summed E-state index contributed by atoms with van der Waals surface area (Å²) in [5.41, 5.74) is 2.14. The van der Waals surface area contributed by atoms with Crippen LogP contribution >= 0.6 is 11.6 Å². The number of amides is 3. The Balaban J connectivity index is 1.71. The number of carbonyl (C=O) groups is 3. The molecule has 0 atom stereocenters. The number of rotatable bonds is 4. The predicted octanol–water partition coefficient (Wildman–Crippen LogP) is 3.42. The maximum atomic E-state index is 12.4. The Morgan fingerprint density at radius 3 is 2.37 bits per heavy atom. The van der Waals surface area contributed by atoms with Crippen molar-refractivity contribution in [2.24, 2.45) is 0 Å². The van der Waals surface area contributed by atoms with Gasteiger partial charge < -0.3 is 15.1 Å². The number of hydrogen-bond donors (Lipinski definition) is 1. The molecule has 6 nitrogen and oxygen atoms in total. The van der Waals surface area contributed by atoms with Crippen LogP contribution in [0.25, 0.3) is 0 Å². The highest BCUT2D eigenvalue weighted by molar-refractivity contribution is 6.34. The first-order valence-corrected chi connectivity index (χ1v) is 8.97. The monoisotopic (exact) mass is 385 g/mol. The van der Waals surface area contributed by atoms with Crippen LogP contribution < -0.4 is 10.2 Å². The van der Waals surface area contributed by atoms with Crippen molar-refractivity contribution in [3.05, 3.63) is 58.6 Å².